The molecule has 0 saturated carbocycles. The molecule has 3 rings (SSSR count). The number of aryl methyl sites for hydroxylation is 1. The Morgan fingerprint density at radius 3 is 2.42 bits per heavy atom. The number of nitrogens with two attached hydrogens (primary N) is 1. The summed E-state index contributed by atoms with van der Waals surface area (Å²) in [6.07, 6.45) is 1.45. The van der Waals surface area contributed by atoms with E-state index in [1.807, 2.05) is 30.3 Å². The molecule has 1 aromatic heterocycles. The third-order valence-corrected chi connectivity index (χ3v) is 4.97. The van der Waals surface area contributed by atoms with Gasteiger partial charge in [0.25, 0.3) is 0 Å². The number of carbonyl (C=O) groups is 2. The molecule has 1 heterocycles. The zero-order chi connectivity index (χ0) is 23.6. The van der Waals surface area contributed by atoms with Crippen LogP contribution in [0.4, 0.5) is 10.2 Å². The number of nitriles is 1. The minimum atomic E-state index is -0.378. The van der Waals surface area contributed by atoms with Crippen molar-refractivity contribution >= 4 is 17.6 Å². The fourth-order valence-electron chi connectivity index (χ4n) is 3.29. The summed E-state index contributed by atoms with van der Waals surface area (Å²) in [4.78, 5) is 23.9. The number of halogens is 1. The van der Waals surface area contributed by atoms with Crippen LogP contribution in [-0.2, 0) is 22.4 Å². The number of nitrogens with one attached hydrogen (secondary N) is 2. The van der Waals surface area contributed by atoms with Crippen molar-refractivity contribution in [3.8, 4) is 11.8 Å². The molecule has 3 aromatic rings. The van der Waals surface area contributed by atoms with Crippen molar-refractivity contribution in [1.82, 2.24) is 20.4 Å². The van der Waals surface area contributed by atoms with E-state index >= 15 is 0 Å². The summed E-state index contributed by atoms with van der Waals surface area (Å²) in [5.74, 6) is -0.495. The number of benzene rings is 2. The lowest BCUT2D eigenvalue weighted by molar-refractivity contribution is -0.122. The number of amides is 2. The summed E-state index contributed by atoms with van der Waals surface area (Å²) in [5, 5.41) is 19.4. The molecule has 0 radical (unpaired) electrons. The van der Waals surface area contributed by atoms with Gasteiger partial charge >= 0.3 is 0 Å². The molecule has 0 atom stereocenters. The van der Waals surface area contributed by atoms with Gasteiger partial charge in [0.1, 0.15) is 23.3 Å². The molecule has 9 heteroatoms. The van der Waals surface area contributed by atoms with Crippen molar-refractivity contribution in [3.63, 3.8) is 0 Å². The van der Waals surface area contributed by atoms with Crippen LogP contribution < -0.4 is 16.4 Å². The highest BCUT2D eigenvalue weighted by Crippen LogP contribution is 2.21. The highest BCUT2D eigenvalue weighted by Gasteiger charge is 2.16. The summed E-state index contributed by atoms with van der Waals surface area (Å²) in [7, 11) is 0. The van der Waals surface area contributed by atoms with Crippen LogP contribution in [0.25, 0.3) is 5.69 Å². The van der Waals surface area contributed by atoms with Gasteiger partial charge in [-0.3, -0.25) is 9.59 Å². The Bertz CT molecular complexity index is 1140. The highest BCUT2D eigenvalue weighted by molar-refractivity contribution is 5.80. The first-order chi connectivity index (χ1) is 16.0. The molecular formula is C24H25FN6O2. The maximum Gasteiger partial charge on any atom is 0.224 e. The summed E-state index contributed by atoms with van der Waals surface area (Å²) >= 11 is 0. The van der Waals surface area contributed by atoms with Crippen LogP contribution >= 0.6 is 0 Å². The van der Waals surface area contributed by atoms with Gasteiger partial charge in [-0.25, -0.2) is 9.07 Å². The Kier molecular flexibility index (Phi) is 8.13. The largest absolute Gasteiger partial charge is 0.382 e. The SMILES string of the molecule is N#Cc1c(CCCNC(=O)CCNC(=O)Cc2ccccc2)nn(-c2ccc(F)cc2)c1N. The first kappa shape index (κ1) is 23.5. The molecule has 0 aliphatic carbocycles. The minimum Gasteiger partial charge on any atom is -0.382 e. The zero-order valence-electron chi connectivity index (χ0n) is 18.1. The fourth-order valence-corrected chi connectivity index (χ4v) is 3.29. The van der Waals surface area contributed by atoms with Crippen LogP contribution in [0.2, 0.25) is 0 Å². The summed E-state index contributed by atoms with van der Waals surface area (Å²) in [5.41, 5.74) is 8.30. The second kappa shape index (κ2) is 11.4. The van der Waals surface area contributed by atoms with E-state index in [0.29, 0.717) is 30.8 Å². The van der Waals surface area contributed by atoms with Crippen molar-refractivity contribution in [2.24, 2.45) is 0 Å². The van der Waals surface area contributed by atoms with Crippen molar-refractivity contribution in [3.05, 3.63) is 77.2 Å². The molecule has 0 unspecified atom stereocenters. The van der Waals surface area contributed by atoms with Gasteiger partial charge < -0.3 is 16.4 Å². The van der Waals surface area contributed by atoms with E-state index in [2.05, 4.69) is 21.8 Å². The van der Waals surface area contributed by atoms with Crippen LogP contribution in [-0.4, -0.2) is 34.7 Å². The third-order valence-electron chi connectivity index (χ3n) is 4.97. The topological polar surface area (TPSA) is 126 Å². The van der Waals surface area contributed by atoms with E-state index in [1.54, 1.807) is 0 Å². The van der Waals surface area contributed by atoms with E-state index in [0.717, 1.165) is 5.56 Å². The van der Waals surface area contributed by atoms with Gasteiger partial charge in [0.15, 0.2) is 0 Å². The van der Waals surface area contributed by atoms with Crippen LogP contribution in [0.15, 0.2) is 54.6 Å². The molecule has 0 bridgehead atoms. The van der Waals surface area contributed by atoms with Gasteiger partial charge in [0.2, 0.25) is 11.8 Å². The lowest BCUT2D eigenvalue weighted by Gasteiger charge is -2.07. The van der Waals surface area contributed by atoms with Crippen LogP contribution in [0, 0.1) is 17.1 Å². The molecule has 0 spiro atoms. The molecule has 2 aromatic carbocycles. The lowest BCUT2D eigenvalue weighted by atomic mass is 10.1. The number of carbonyl (C=O) groups excluding carboxylic acids is 2. The zero-order valence-corrected chi connectivity index (χ0v) is 18.1. The molecule has 0 saturated heterocycles. The average molecular weight is 449 g/mol. The van der Waals surface area contributed by atoms with Gasteiger partial charge in [-0.05, 0) is 42.7 Å². The molecule has 0 aliphatic rings. The van der Waals surface area contributed by atoms with Gasteiger partial charge in [-0.15, -0.1) is 0 Å². The predicted molar refractivity (Wildman–Crippen MR) is 122 cm³/mol. The van der Waals surface area contributed by atoms with Crippen LogP contribution in [0.3, 0.4) is 0 Å². The Morgan fingerprint density at radius 1 is 1.03 bits per heavy atom. The molecule has 2 amide bonds. The lowest BCUT2D eigenvalue weighted by Crippen LogP contribution is -2.32. The van der Waals surface area contributed by atoms with E-state index in [1.165, 1.54) is 28.9 Å². The number of hydrogen-bond donors (Lipinski definition) is 3. The third kappa shape index (κ3) is 6.64. The van der Waals surface area contributed by atoms with Crippen molar-refractivity contribution in [2.75, 3.05) is 18.8 Å². The van der Waals surface area contributed by atoms with E-state index in [9.17, 15) is 19.2 Å². The van der Waals surface area contributed by atoms with E-state index in [4.69, 9.17) is 5.73 Å². The predicted octanol–water partition coefficient (Wildman–Crippen LogP) is 2.26. The molecule has 4 N–H and O–H groups in total. The Balaban J connectivity index is 1.41. The maximum absolute atomic E-state index is 13.2. The van der Waals surface area contributed by atoms with Gasteiger partial charge in [-0.2, -0.15) is 10.4 Å². The normalized spacial score (nSPS) is 10.4. The molecule has 8 nitrogen and oxygen atoms in total. The Hall–Kier alpha value is -4.19. The summed E-state index contributed by atoms with van der Waals surface area (Å²) in [6.45, 7) is 0.652. The number of anilines is 1. The Morgan fingerprint density at radius 2 is 1.73 bits per heavy atom. The summed E-state index contributed by atoms with van der Waals surface area (Å²) < 4.78 is 14.6. The molecule has 33 heavy (non-hydrogen) atoms. The van der Waals surface area contributed by atoms with E-state index in [-0.39, 0.29) is 48.4 Å². The van der Waals surface area contributed by atoms with Crippen LogP contribution in [0.5, 0.6) is 0 Å². The fraction of sp³-hybridized carbons (Fsp3) is 0.250. The standard InChI is InChI=1S/C24H25FN6O2/c25-18-8-10-19(11-9-18)31-24(27)20(16-26)21(30-31)7-4-13-28-22(32)12-14-29-23(33)15-17-5-2-1-3-6-17/h1-3,5-6,8-11H,4,7,12-15,27H2,(H,28,32)(H,29,33). The molecule has 0 aliphatic heterocycles. The van der Waals surface area contributed by atoms with Crippen molar-refractivity contribution < 1.29 is 14.0 Å². The quantitative estimate of drug-likeness (QED) is 0.410. The summed E-state index contributed by atoms with van der Waals surface area (Å²) in [6, 6.07) is 17.1. The highest BCUT2D eigenvalue weighted by atomic mass is 19.1. The number of rotatable bonds is 10. The number of aromatic nitrogens is 2. The molecule has 170 valence electrons. The van der Waals surface area contributed by atoms with Gasteiger partial charge in [-0.1, -0.05) is 30.3 Å². The first-order valence-corrected chi connectivity index (χ1v) is 10.6. The Labute approximate surface area is 191 Å². The number of hydrogen-bond acceptors (Lipinski definition) is 5. The van der Waals surface area contributed by atoms with Gasteiger partial charge in [0, 0.05) is 19.5 Å². The second-order valence-electron chi connectivity index (χ2n) is 7.42. The van der Waals surface area contributed by atoms with Gasteiger partial charge in [0.05, 0.1) is 17.8 Å². The van der Waals surface area contributed by atoms with Crippen molar-refractivity contribution in [2.45, 2.75) is 25.7 Å². The van der Waals surface area contributed by atoms with E-state index < -0.39 is 0 Å². The minimum absolute atomic E-state index is 0.132. The smallest absolute Gasteiger partial charge is 0.224 e. The maximum atomic E-state index is 13.2. The second-order valence-corrected chi connectivity index (χ2v) is 7.42. The monoisotopic (exact) mass is 448 g/mol. The average Bonchev–Trinajstić information content (AvgIpc) is 3.13. The first-order valence-electron chi connectivity index (χ1n) is 10.6. The molecule has 0 fully saturated rings. The number of nitrogens with zero attached hydrogens (tertiary/aromatic N) is 3. The number of nitrogen functional groups attached to an aromatic ring is 1. The van der Waals surface area contributed by atoms with Crippen molar-refractivity contribution in [1.29, 1.82) is 5.26 Å². The molecular weight excluding hydrogens is 423 g/mol. The van der Waals surface area contributed by atoms with Crippen LogP contribution in [0.1, 0.15) is 29.7 Å².